The molecule has 2 rings (SSSR count). The van der Waals surface area contributed by atoms with E-state index < -0.39 is 5.82 Å². The number of ether oxygens (including phenoxy) is 1. The van der Waals surface area contributed by atoms with Gasteiger partial charge >= 0.3 is 0 Å². The van der Waals surface area contributed by atoms with E-state index in [9.17, 15) is 4.39 Å². The van der Waals surface area contributed by atoms with Gasteiger partial charge in [-0.15, -0.1) is 0 Å². The van der Waals surface area contributed by atoms with E-state index in [-0.39, 0.29) is 17.2 Å². The van der Waals surface area contributed by atoms with Crippen molar-refractivity contribution in [3.8, 4) is 17.6 Å². The molecule has 4 heteroatoms. The second kappa shape index (κ2) is 6.06. The molecule has 0 spiro atoms. The summed E-state index contributed by atoms with van der Waals surface area (Å²) in [6.45, 7) is 4.09. The average molecular weight is 334 g/mol. The van der Waals surface area contributed by atoms with Crippen molar-refractivity contribution in [1.29, 1.82) is 5.26 Å². The lowest BCUT2D eigenvalue weighted by Gasteiger charge is -2.15. The summed E-state index contributed by atoms with van der Waals surface area (Å²) in [5.41, 5.74) is 0.914. The van der Waals surface area contributed by atoms with Crippen LogP contribution in [0.25, 0.3) is 0 Å². The van der Waals surface area contributed by atoms with Crippen molar-refractivity contribution in [2.45, 2.75) is 19.8 Å². The molecular formula is C16H13BrFNO. The molecule has 0 aliphatic heterocycles. The van der Waals surface area contributed by atoms with Gasteiger partial charge in [0.2, 0.25) is 0 Å². The van der Waals surface area contributed by atoms with E-state index in [0.29, 0.717) is 5.75 Å². The largest absolute Gasteiger partial charge is 0.456 e. The lowest BCUT2D eigenvalue weighted by Crippen LogP contribution is -1.96. The summed E-state index contributed by atoms with van der Waals surface area (Å²) in [5.74, 6) is 0.539. The first-order valence-electron chi connectivity index (χ1n) is 6.19. The van der Waals surface area contributed by atoms with E-state index in [2.05, 4.69) is 15.9 Å². The van der Waals surface area contributed by atoms with Crippen molar-refractivity contribution in [3.05, 3.63) is 57.8 Å². The van der Waals surface area contributed by atoms with Gasteiger partial charge in [-0.25, -0.2) is 4.39 Å². The lowest BCUT2D eigenvalue weighted by atomic mass is 10.0. The van der Waals surface area contributed by atoms with Crippen LogP contribution in [0.5, 0.6) is 11.5 Å². The number of nitrogens with zero attached hydrogens (tertiary/aromatic N) is 1. The predicted molar refractivity (Wildman–Crippen MR) is 79.4 cm³/mol. The molecule has 0 unspecified atom stereocenters. The zero-order valence-corrected chi connectivity index (χ0v) is 12.7. The minimum Gasteiger partial charge on any atom is -0.456 e. The third-order valence-electron chi connectivity index (χ3n) is 2.90. The van der Waals surface area contributed by atoms with Gasteiger partial charge in [0.15, 0.2) is 0 Å². The number of halogens is 2. The first-order chi connectivity index (χ1) is 9.52. The Balaban J connectivity index is 2.46. The van der Waals surface area contributed by atoms with Crippen LogP contribution in [-0.2, 0) is 0 Å². The van der Waals surface area contributed by atoms with Crippen molar-refractivity contribution in [1.82, 2.24) is 0 Å². The standard InChI is InChI=1S/C16H13BrFNO/c1-10(2)12-8-11(17)6-7-16(12)20-15-5-3-4-14(18)13(15)9-19/h3-8,10H,1-2H3. The molecule has 0 aliphatic rings. The Morgan fingerprint density at radius 3 is 2.60 bits per heavy atom. The van der Waals surface area contributed by atoms with E-state index in [1.54, 1.807) is 6.07 Å². The fourth-order valence-corrected chi connectivity index (χ4v) is 2.26. The van der Waals surface area contributed by atoms with Gasteiger partial charge < -0.3 is 4.74 Å². The highest BCUT2D eigenvalue weighted by Crippen LogP contribution is 2.34. The number of hydrogen-bond acceptors (Lipinski definition) is 2. The number of benzene rings is 2. The van der Waals surface area contributed by atoms with E-state index in [0.717, 1.165) is 10.0 Å². The summed E-state index contributed by atoms with van der Waals surface area (Å²) in [6, 6.07) is 11.8. The molecule has 102 valence electrons. The molecule has 0 saturated carbocycles. The Morgan fingerprint density at radius 2 is 1.95 bits per heavy atom. The van der Waals surface area contributed by atoms with Gasteiger partial charge in [-0.1, -0.05) is 35.8 Å². The van der Waals surface area contributed by atoms with E-state index in [1.807, 2.05) is 38.1 Å². The zero-order chi connectivity index (χ0) is 14.7. The van der Waals surface area contributed by atoms with Crippen molar-refractivity contribution >= 4 is 15.9 Å². The molecule has 0 aliphatic carbocycles. The van der Waals surface area contributed by atoms with Crippen LogP contribution in [0.1, 0.15) is 30.9 Å². The van der Waals surface area contributed by atoms with Gasteiger partial charge in [0, 0.05) is 4.47 Å². The van der Waals surface area contributed by atoms with Crippen LogP contribution in [0.4, 0.5) is 4.39 Å². The van der Waals surface area contributed by atoms with Crippen LogP contribution in [0.2, 0.25) is 0 Å². The second-order valence-electron chi connectivity index (χ2n) is 4.66. The van der Waals surface area contributed by atoms with Gasteiger partial charge in [0.1, 0.15) is 28.9 Å². The van der Waals surface area contributed by atoms with Gasteiger partial charge in [-0.3, -0.25) is 0 Å². The SMILES string of the molecule is CC(C)c1cc(Br)ccc1Oc1cccc(F)c1C#N. The molecule has 0 aromatic heterocycles. The zero-order valence-electron chi connectivity index (χ0n) is 11.2. The molecule has 0 fully saturated rings. The van der Waals surface area contributed by atoms with E-state index in [4.69, 9.17) is 10.00 Å². The minimum atomic E-state index is -0.576. The maximum atomic E-state index is 13.6. The van der Waals surface area contributed by atoms with Crippen LogP contribution in [0, 0.1) is 17.1 Å². The second-order valence-corrected chi connectivity index (χ2v) is 5.58. The number of nitriles is 1. The summed E-state index contributed by atoms with van der Waals surface area (Å²) < 4.78 is 20.3. The Labute approximate surface area is 125 Å². The van der Waals surface area contributed by atoms with Crippen LogP contribution in [-0.4, -0.2) is 0 Å². The smallest absolute Gasteiger partial charge is 0.148 e. The van der Waals surface area contributed by atoms with Gasteiger partial charge in [0.05, 0.1) is 0 Å². The Kier molecular flexibility index (Phi) is 4.41. The summed E-state index contributed by atoms with van der Waals surface area (Å²) in [5, 5.41) is 9.02. The normalized spacial score (nSPS) is 10.4. The Morgan fingerprint density at radius 1 is 1.20 bits per heavy atom. The highest BCUT2D eigenvalue weighted by Gasteiger charge is 2.13. The molecule has 0 heterocycles. The first-order valence-corrected chi connectivity index (χ1v) is 6.98. The third kappa shape index (κ3) is 3.00. The molecule has 0 amide bonds. The summed E-state index contributed by atoms with van der Waals surface area (Å²) in [4.78, 5) is 0. The van der Waals surface area contributed by atoms with E-state index in [1.165, 1.54) is 12.1 Å². The number of hydrogen-bond donors (Lipinski definition) is 0. The van der Waals surface area contributed by atoms with Gasteiger partial charge in [0.25, 0.3) is 0 Å². The van der Waals surface area contributed by atoms with Crippen molar-refractivity contribution in [2.75, 3.05) is 0 Å². The molecule has 2 aromatic rings. The van der Waals surface area contributed by atoms with E-state index >= 15 is 0 Å². The average Bonchev–Trinajstić information content (AvgIpc) is 2.41. The van der Waals surface area contributed by atoms with Crippen LogP contribution >= 0.6 is 15.9 Å². The molecule has 0 saturated heterocycles. The van der Waals surface area contributed by atoms with Crippen molar-refractivity contribution in [2.24, 2.45) is 0 Å². The van der Waals surface area contributed by atoms with Crippen LogP contribution in [0.3, 0.4) is 0 Å². The Hall–Kier alpha value is -1.86. The predicted octanol–water partition coefficient (Wildman–Crippen LogP) is 5.38. The molecule has 0 N–H and O–H groups in total. The number of rotatable bonds is 3. The van der Waals surface area contributed by atoms with Crippen molar-refractivity contribution in [3.63, 3.8) is 0 Å². The lowest BCUT2D eigenvalue weighted by molar-refractivity contribution is 0.465. The highest BCUT2D eigenvalue weighted by atomic mass is 79.9. The summed E-state index contributed by atoms with van der Waals surface area (Å²) in [7, 11) is 0. The molecule has 20 heavy (non-hydrogen) atoms. The summed E-state index contributed by atoms with van der Waals surface area (Å²) >= 11 is 3.42. The maximum Gasteiger partial charge on any atom is 0.148 e. The first kappa shape index (κ1) is 14.5. The third-order valence-corrected chi connectivity index (χ3v) is 3.39. The fraction of sp³-hybridized carbons (Fsp3) is 0.188. The maximum absolute atomic E-state index is 13.6. The monoisotopic (exact) mass is 333 g/mol. The molecule has 2 aromatic carbocycles. The Bertz CT molecular complexity index is 677. The van der Waals surface area contributed by atoms with Crippen LogP contribution < -0.4 is 4.74 Å². The van der Waals surface area contributed by atoms with Crippen LogP contribution in [0.15, 0.2) is 40.9 Å². The molecule has 2 nitrogen and oxygen atoms in total. The highest BCUT2D eigenvalue weighted by molar-refractivity contribution is 9.10. The molecule has 0 radical (unpaired) electrons. The van der Waals surface area contributed by atoms with Gasteiger partial charge in [-0.05, 0) is 41.8 Å². The van der Waals surface area contributed by atoms with Gasteiger partial charge in [-0.2, -0.15) is 5.26 Å². The quantitative estimate of drug-likeness (QED) is 0.755. The van der Waals surface area contributed by atoms with Crippen molar-refractivity contribution < 1.29 is 9.13 Å². The summed E-state index contributed by atoms with van der Waals surface area (Å²) in [6.07, 6.45) is 0. The minimum absolute atomic E-state index is 0.0786. The molecule has 0 atom stereocenters. The molecule has 0 bridgehead atoms. The molecular weight excluding hydrogens is 321 g/mol. The fourth-order valence-electron chi connectivity index (χ4n) is 1.88. The topological polar surface area (TPSA) is 33.0 Å².